The van der Waals surface area contributed by atoms with Gasteiger partial charge in [-0.25, -0.2) is 4.98 Å². The Morgan fingerprint density at radius 1 is 1.50 bits per heavy atom. The van der Waals surface area contributed by atoms with Crippen molar-refractivity contribution in [2.45, 2.75) is 6.92 Å². The first-order chi connectivity index (χ1) is 6.79. The fraction of sp³-hybridized carbons (Fsp3) is 0.300. The van der Waals surface area contributed by atoms with Gasteiger partial charge in [0.1, 0.15) is 12.4 Å². The Kier molecular flexibility index (Phi) is 2.89. The van der Waals surface area contributed by atoms with Crippen LogP contribution in [0.25, 0.3) is 10.2 Å². The molecule has 2 aromatic rings. The number of fused-ring (bicyclic) bond motifs is 1. The molecule has 2 rings (SSSR count). The van der Waals surface area contributed by atoms with Gasteiger partial charge in [-0.1, -0.05) is 0 Å². The Balaban J connectivity index is 2.31. The molecule has 1 aromatic carbocycles. The largest absolute Gasteiger partial charge is 0.492 e. The summed E-state index contributed by atoms with van der Waals surface area (Å²) in [5.41, 5.74) is 1.03. The van der Waals surface area contributed by atoms with E-state index in [1.54, 1.807) is 11.3 Å². The monoisotopic (exact) mass is 227 g/mol. The van der Waals surface area contributed by atoms with E-state index >= 15 is 0 Å². The van der Waals surface area contributed by atoms with Crippen LogP contribution in [-0.2, 0) is 0 Å². The number of aryl methyl sites for hydroxylation is 1. The molecule has 0 aliphatic carbocycles. The quantitative estimate of drug-likeness (QED) is 0.752. The molecule has 4 heteroatoms. The normalized spacial score (nSPS) is 10.7. The molecule has 0 saturated heterocycles. The number of rotatable bonds is 3. The number of hydrogen-bond donors (Lipinski definition) is 0. The van der Waals surface area contributed by atoms with Crippen molar-refractivity contribution in [2.24, 2.45) is 0 Å². The summed E-state index contributed by atoms with van der Waals surface area (Å²) in [4.78, 5) is 4.37. The van der Waals surface area contributed by atoms with Gasteiger partial charge in [-0.3, -0.25) is 0 Å². The summed E-state index contributed by atoms with van der Waals surface area (Å²) >= 11 is 7.21. The molecule has 1 heterocycles. The van der Waals surface area contributed by atoms with E-state index in [0.29, 0.717) is 12.5 Å². The van der Waals surface area contributed by atoms with Gasteiger partial charge in [-0.15, -0.1) is 22.9 Å². The molecule has 0 aliphatic rings. The predicted octanol–water partition coefficient (Wildman–Crippen LogP) is 3.22. The van der Waals surface area contributed by atoms with Crippen LogP contribution in [0.3, 0.4) is 0 Å². The second kappa shape index (κ2) is 4.15. The van der Waals surface area contributed by atoms with E-state index in [2.05, 4.69) is 4.98 Å². The van der Waals surface area contributed by atoms with Gasteiger partial charge < -0.3 is 4.74 Å². The zero-order chi connectivity index (χ0) is 9.97. The Morgan fingerprint density at radius 3 is 3.14 bits per heavy atom. The summed E-state index contributed by atoms with van der Waals surface area (Å²) in [6.07, 6.45) is 0. The van der Waals surface area contributed by atoms with Crippen LogP contribution in [0.4, 0.5) is 0 Å². The van der Waals surface area contributed by atoms with Crippen molar-refractivity contribution in [1.29, 1.82) is 0 Å². The number of aromatic nitrogens is 1. The lowest BCUT2D eigenvalue weighted by Crippen LogP contribution is -1.97. The number of nitrogens with zero attached hydrogens (tertiary/aromatic N) is 1. The van der Waals surface area contributed by atoms with Gasteiger partial charge in [0.2, 0.25) is 0 Å². The van der Waals surface area contributed by atoms with E-state index in [1.165, 1.54) is 0 Å². The van der Waals surface area contributed by atoms with Gasteiger partial charge in [0, 0.05) is 0 Å². The number of ether oxygens (including phenoxy) is 1. The van der Waals surface area contributed by atoms with Crippen LogP contribution in [0.1, 0.15) is 5.01 Å². The molecule has 0 amide bonds. The predicted molar refractivity (Wildman–Crippen MR) is 60.6 cm³/mol. The first-order valence-corrected chi connectivity index (χ1v) is 5.70. The van der Waals surface area contributed by atoms with E-state index < -0.39 is 0 Å². The molecule has 0 fully saturated rings. The second-order valence-corrected chi connectivity index (χ2v) is 4.51. The Hall–Kier alpha value is -0.800. The number of alkyl halides is 1. The summed E-state index contributed by atoms with van der Waals surface area (Å²) in [6, 6.07) is 5.91. The van der Waals surface area contributed by atoms with Gasteiger partial charge >= 0.3 is 0 Å². The molecule has 0 atom stereocenters. The molecule has 0 spiro atoms. The highest BCUT2D eigenvalue weighted by Crippen LogP contribution is 2.25. The fourth-order valence-electron chi connectivity index (χ4n) is 1.27. The maximum Gasteiger partial charge on any atom is 0.120 e. The van der Waals surface area contributed by atoms with E-state index in [-0.39, 0.29) is 0 Å². The average Bonchev–Trinajstić information content (AvgIpc) is 2.54. The maximum atomic E-state index is 5.54. The van der Waals surface area contributed by atoms with Crippen LogP contribution in [0.15, 0.2) is 18.2 Å². The van der Waals surface area contributed by atoms with Crippen LogP contribution in [0.5, 0.6) is 5.75 Å². The number of halogens is 1. The minimum Gasteiger partial charge on any atom is -0.492 e. The highest BCUT2D eigenvalue weighted by Gasteiger charge is 2.01. The highest BCUT2D eigenvalue weighted by molar-refractivity contribution is 7.18. The van der Waals surface area contributed by atoms with Crippen molar-refractivity contribution >= 4 is 33.2 Å². The topological polar surface area (TPSA) is 22.1 Å². The molecule has 14 heavy (non-hydrogen) atoms. The lowest BCUT2D eigenvalue weighted by Gasteiger charge is -2.02. The van der Waals surface area contributed by atoms with Crippen molar-refractivity contribution in [3.8, 4) is 5.75 Å². The standard InChI is InChI=1S/C10H10ClNOS/c1-7-12-9-3-2-8(13-5-4-11)6-10(9)14-7/h2-3,6H,4-5H2,1H3. The van der Waals surface area contributed by atoms with E-state index in [9.17, 15) is 0 Å². The van der Waals surface area contributed by atoms with Gasteiger partial charge in [-0.05, 0) is 25.1 Å². The zero-order valence-corrected chi connectivity index (χ0v) is 9.36. The molecule has 0 N–H and O–H groups in total. The third-order valence-electron chi connectivity index (χ3n) is 1.81. The first kappa shape index (κ1) is 9.74. The molecule has 0 radical (unpaired) electrons. The van der Waals surface area contributed by atoms with Crippen molar-refractivity contribution in [2.75, 3.05) is 12.5 Å². The second-order valence-electron chi connectivity index (χ2n) is 2.90. The van der Waals surface area contributed by atoms with Crippen LogP contribution >= 0.6 is 22.9 Å². The number of benzene rings is 1. The van der Waals surface area contributed by atoms with Gasteiger partial charge in [0.25, 0.3) is 0 Å². The third kappa shape index (κ3) is 1.99. The molecule has 1 aromatic heterocycles. The third-order valence-corrected chi connectivity index (χ3v) is 2.90. The van der Waals surface area contributed by atoms with E-state index in [4.69, 9.17) is 16.3 Å². The zero-order valence-electron chi connectivity index (χ0n) is 7.79. The van der Waals surface area contributed by atoms with Crippen LogP contribution in [0.2, 0.25) is 0 Å². The first-order valence-electron chi connectivity index (χ1n) is 4.35. The van der Waals surface area contributed by atoms with Gasteiger partial charge in [-0.2, -0.15) is 0 Å². The van der Waals surface area contributed by atoms with Crippen LogP contribution in [-0.4, -0.2) is 17.5 Å². The van der Waals surface area contributed by atoms with Crippen molar-refractivity contribution in [3.05, 3.63) is 23.2 Å². The summed E-state index contributed by atoms with van der Waals surface area (Å²) in [7, 11) is 0. The SMILES string of the molecule is Cc1nc2ccc(OCCCl)cc2s1. The maximum absolute atomic E-state index is 5.54. The Bertz CT molecular complexity index is 441. The molecule has 0 saturated carbocycles. The van der Waals surface area contributed by atoms with E-state index in [0.717, 1.165) is 21.0 Å². The molecule has 0 bridgehead atoms. The van der Waals surface area contributed by atoms with E-state index in [1.807, 2.05) is 25.1 Å². The minimum atomic E-state index is 0.514. The lowest BCUT2D eigenvalue weighted by atomic mass is 10.3. The highest BCUT2D eigenvalue weighted by atomic mass is 35.5. The lowest BCUT2D eigenvalue weighted by molar-refractivity contribution is 0.343. The van der Waals surface area contributed by atoms with Crippen molar-refractivity contribution in [3.63, 3.8) is 0 Å². The van der Waals surface area contributed by atoms with Crippen molar-refractivity contribution in [1.82, 2.24) is 4.98 Å². The van der Waals surface area contributed by atoms with Gasteiger partial charge in [0.15, 0.2) is 0 Å². The molecular formula is C10H10ClNOS. The fourth-order valence-corrected chi connectivity index (χ4v) is 2.20. The molecule has 74 valence electrons. The minimum absolute atomic E-state index is 0.514. The molecule has 2 nitrogen and oxygen atoms in total. The molecule has 0 unspecified atom stereocenters. The summed E-state index contributed by atoms with van der Waals surface area (Å²) < 4.78 is 6.58. The molecule has 0 aliphatic heterocycles. The van der Waals surface area contributed by atoms with Crippen LogP contribution < -0.4 is 4.74 Å². The van der Waals surface area contributed by atoms with Crippen LogP contribution in [0, 0.1) is 6.92 Å². The molecular weight excluding hydrogens is 218 g/mol. The Labute approximate surface area is 91.5 Å². The smallest absolute Gasteiger partial charge is 0.120 e. The number of hydrogen-bond acceptors (Lipinski definition) is 3. The summed E-state index contributed by atoms with van der Waals surface area (Å²) in [6.45, 7) is 2.55. The average molecular weight is 228 g/mol. The number of thiazole rings is 1. The van der Waals surface area contributed by atoms with Gasteiger partial charge in [0.05, 0.1) is 21.1 Å². The summed E-state index contributed by atoms with van der Waals surface area (Å²) in [5, 5.41) is 1.08. The Morgan fingerprint density at radius 2 is 2.36 bits per heavy atom. The van der Waals surface area contributed by atoms with Crippen molar-refractivity contribution < 1.29 is 4.74 Å². The summed E-state index contributed by atoms with van der Waals surface area (Å²) in [5.74, 6) is 1.38.